The van der Waals surface area contributed by atoms with Crippen LogP contribution >= 0.6 is 0 Å². The summed E-state index contributed by atoms with van der Waals surface area (Å²) in [5, 5.41) is 8.61. The molecule has 0 unspecified atom stereocenters. The molecule has 0 aliphatic heterocycles. The van der Waals surface area contributed by atoms with Crippen LogP contribution in [0.3, 0.4) is 0 Å². The molecule has 0 radical (unpaired) electrons. The van der Waals surface area contributed by atoms with Crippen molar-refractivity contribution in [1.82, 2.24) is 0 Å². The van der Waals surface area contributed by atoms with E-state index >= 15 is 0 Å². The fraction of sp³-hybridized carbons (Fsp3) is 0.857. The SMILES string of the molecule is COCC1CC(N)(C(=O)O)C1. The fourth-order valence-electron chi connectivity index (χ4n) is 1.50. The number of aliphatic carboxylic acids is 1. The Balaban J connectivity index is 2.32. The smallest absolute Gasteiger partial charge is 0.323 e. The minimum Gasteiger partial charge on any atom is -0.480 e. The molecule has 0 spiro atoms. The second-order valence-corrected chi connectivity index (χ2v) is 3.19. The van der Waals surface area contributed by atoms with Gasteiger partial charge in [-0.1, -0.05) is 0 Å². The van der Waals surface area contributed by atoms with E-state index in [1.165, 1.54) is 0 Å². The molecule has 0 saturated heterocycles. The van der Waals surface area contributed by atoms with Crippen molar-refractivity contribution in [2.24, 2.45) is 11.7 Å². The van der Waals surface area contributed by atoms with Crippen LogP contribution in [0.2, 0.25) is 0 Å². The van der Waals surface area contributed by atoms with E-state index in [4.69, 9.17) is 15.6 Å². The third-order valence-electron chi connectivity index (χ3n) is 2.13. The summed E-state index contributed by atoms with van der Waals surface area (Å²) >= 11 is 0. The first-order valence-electron chi connectivity index (χ1n) is 3.60. The predicted molar refractivity (Wildman–Crippen MR) is 39.2 cm³/mol. The van der Waals surface area contributed by atoms with Crippen LogP contribution in [0.15, 0.2) is 0 Å². The monoisotopic (exact) mass is 159 g/mol. The van der Waals surface area contributed by atoms with Gasteiger partial charge >= 0.3 is 5.97 Å². The van der Waals surface area contributed by atoms with Crippen LogP contribution in [0.25, 0.3) is 0 Å². The summed E-state index contributed by atoms with van der Waals surface area (Å²) in [4.78, 5) is 10.5. The van der Waals surface area contributed by atoms with Gasteiger partial charge < -0.3 is 15.6 Å². The van der Waals surface area contributed by atoms with E-state index in [0.29, 0.717) is 25.4 Å². The van der Waals surface area contributed by atoms with Crippen molar-refractivity contribution in [1.29, 1.82) is 0 Å². The fourth-order valence-corrected chi connectivity index (χ4v) is 1.50. The highest BCUT2D eigenvalue weighted by molar-refractivity contribution is 5.79. The molecule has 1 aliphatic rings. The van der Waals surface area contributed by atoms with Gasteiger partial charge in [0.15, 0.2) is 0 Å². The predicted octanol–water partition coefficient (Wildman–Crippen LogP) is -0.175. The minimum atomic E-state index is -0.969. The maximum atomic E-state index is 10.5. The quantitative estimate of drug-likeness (QED) is 0.599. The van der Waals surface area contributed by atoms with Gasteiger partial charge in [0.05, 0.1) is 0 Å². The number of nitrogens with two attached hydrogens (primary N) is 1. The molecule has 4 nitrogen and oxygen atoms in total. The highest BCUT2D eigenvalue weighted by Crippen LogP contribution is 2.35. The van der Waals surface area contributed by atoms with Crippen LogP contribution < -0.4 is 5.73 Å². The Bertz CT molecular complexity index is 163. The summed E-state index contributed by atoms with van der Waals surface area (Å²) in [5.74, 6) is -0.564. The van der Waals surface area contributed by atoms with Crippen molar-refractivity contribution in [2.45, 2.75) is 18.4 Å². The second-order valence-electron chi connectivity index (χ2n) is 3.19. The molecule has 3 N–H and O–H groups in total. The molecule has 0 aromatic heterocycles. The van der Waals surface area contributed by atoms with E-state index in [9.17, 15) is 4.79 Å². The number of ether oxygens (including phenoxy) is 1. The van der Waals surface area contributed by atoms with Gasteiger partial charge in [-0.2, -0.15) is 0 Å². The van der Waals surface area contributed by atoms with E-state index in [1.54, 1.807) is 7.11 Å². The van der Waals surface area contributed by atoms with E-state index in [1.807, 2.05) is 0 Å². The van der Waals surface area contributed by atoms with Crippen LogP contribution in [-0.4, -0.2) is 30.3 Å². The standard InChI is InChI=1S/C7H13NO3/c1-11-4-5-2-7(8,3-5)6(9)10/h5H,2-4,8H2,1H3,(H,9,10). The number of carboxylic acid groups (broad SMARTS) is 1. The Hall–Kier alpha value is -0.610. The zero-order chi connectivity index (χ0) is 8.48. The molecule has 0 amide bonds. The minimum absolute atomic E-state index is 0.334. The Kier molecular flexibility index (Phi) is 2.15. The molecule has 1 saturated carbocycles. The molecule has 1 rings (SSSR count). The number of hydrogen-bond donors (Lipinski definition) is 2. The van der Waals surface area contributed by atoms with E-state index in [-0.39, 0.29) is 0 Å². The van der Waals surface area contributed by atoms with Crippen LogP contribution in [0.1, 0.15) is 12.8 Å². The Morgan fingerprint density at radius 2 is 2.36 bits per heavy atom. The number of methoxy groups -OCH3 is 1. The van der Waals surface area contributed by atoms with Crippen LogP contribution in [-0.2, 0) is 9.53 Å². The zero-order valence-corrected chi connectivity index (χ0v) is 6.54. The van der Waals surface area contributed by atoms with Gasteiger partial charge in [0.1, 0.15) is 5.54 Å². The number of rotatable bonds is 3. The van der Waals surface area contributed by atoms with E-state index in [0.717, 1.165) is 0 Å². The lowest BCUT2D eigenvalue weighted by Gasteiger charge is -2.40. The van der Waals surface area contributed by atoms with Crippen LogP contribution in [0.4, 0.5) is 0 Å². The third kappa shape index (κ3) is 1.52. The van der Waals surface area contributed by atoms with Gasteiger partial charge in [-0.3, -0.25) is 4.79 Å². The highest BCUT2D eigenvalue weighted by Gasteiger charge is 2.46. The van der Waals surface area contributed by atoms with Crippen molar-refractivity contribution in [3.8, 4) is 0 Å². The summed E-state index contributed by atoms with van der Waals surface area (Å²) in [6.45, 7) is 0.617. The number of carboxylic acids is 1. The van der Waals surface area contributed by atoms with E-state index in [2.05, 4.69) is 0 Å². The lowest BCUT2D eigenvalue weighted by atomic mass is 9.69. The molecule has 1 aliphatic carbocycles. The highest BCUT2D eigenvalue weighted by atomic mass is 16.5. The lowest BCUT2D eigenvalue weighted by Crippen LogP contribution is -2.58. The lowest BCUT2D eigenvalue weighted by molar-refractivity contribution is -0.149. The molecule has 1 fully saturated rings. The summed E-state index contributed by atoms with van der Waals surface area (Å²) in [7, 11) is 1.61. The number of carbonyl (C=O) groups is 1. The first kappa shape index (κ1) is 8.49. The van der Waals surface area contributed by atoms with Gasteiger partial charge in [0.25, 0.3) is 0 Å². The Labute approximate surface area is 65.3 Å². The average Bonchev–Trinajstić information content (AvgIpc) is 1.84. The molecule has 11 heavy (non-hydrogen) atoms. The molecule has 4 heteroatoms. The number of hydrogen-bond acceptors (Lipinski definition) is 3. The zero-order valence-electron chi connectivity index (χ0n) is 6.54. The maximum Gasteiger partial charge on any atom is 0.323 e. The second kappa shape index (κ2) is 2.79. The summed E-state index contributed by atoms with van der Waals surface area (Å²) in [5.41, 5.74) is 4.54. The van der Waals surface area contributed by atoms with Gasteiger partial charge in [-0.25, -0.2) is 0 Å². The largest absolute Gasteiger partial charge is 0.480 e. The van der Waals surface area contributed by atoms with Crippen molar-refractivity contribution in [2.75, 3.05) is 13.7 Å². The summed E-state index contributed by atoms with van der Waals surface area (Å²) in [6.07, 6.45) is 1.08. The van der Waals surface area contributed by atoms with Crippen molar-refractivity contribution in [3.05, 3.63) is 0 Å². The molecular weight excluding hydrogens is 146 g/mol. The van der Waals surface area contributed by atoms with Crippen LogP contribution in [0, 0.1) is 5.92 Å². The molecule has 0 atom stereocenters. The molecule has 0 bridgehead atoms. The first-order valence-corrected chi connectivity index (χ1v) is 3.60. The van der Waals surface area contributed by atoms with Crippen molar-refractivity contribution >= 4 is 5.97 Å². The summed E-state index contributed by atoms with van der Waals surface area (Å²) in [6, 6.07) is 0. The molecule has 0 aromatic rings. The van der Waals surface area contributed by atoms with Gasteiger partial charge in [-0.05, 0) is 18.8 Å². The van der Waals surface area contributed by atoms with E-state index < -0.39 is 11.5 Å². The maximum absolute atomic E-state index is 10.5. The van der Waals surface area contributed by atoms with Gasteiger partial charge in [0, 0.05) is 13.7 Å². The normalized spacial score (nSPS) is 36.4. The van der Waals surface area contributed by atoms with Gasteiger partial charge in [0.2, 0.25) is 0 Å². The molecule has 0 heterocycles. The molecule has 64 valence electrons. The first-order chi connectivity index (χ1) is 5.08. The Morgan fingerprint density at radius 3 is 2.73 bits per heavy atom. The van der Waals surface area contributed by atoms with Crippen molar-refractivity contribution in [3.63, 3.8) is 0 Å². The molecular formula is C7H13NO3. The Morgan fingerprint density at radius 1 is 1.82 bits per heavy atom. The molecule has 0 aromatic carbocycles. The van der Waals surface area contributed by atoms with Crippen LogP contribution in [0.5, 0.6) is 0 Å². The van der Waals surface area contributed by atoms with Gasteiger partial charge in [-0.15, -0.1) is 0 Å². The average molecular weight is 159 g/mol. The topological polar surface area (TPSA) is 72.5 Å². The third-order valence-corrected chi connectivity index (χ3v) is 2.13. The summed E-state index contributed by atoms with van der Waals surface area (Å²) < 4.78 is 4.87. The van der Waals surface area contributed by atoms with Crippen molar-refractivity contribution < 1.29 is 14.6 Å².